The summed E-state index contributed by atoms with van der Waals surface area (Å²) in [7, 11) is 0. The molecular weight excluding hydrogens is 234 g/mol. The van der Waals surface area contributed by atoms with E-state index in [4.69, 9.17) is 10.6 Å². The van der Waals surface area contributed by atoms with E-state index in [-0.39, 0.29) is 23.7 Å². The molecule has 1 aromatic rings. The number of nitrogens with zero attached hydrogens (tertiary/aromatic N) is 2. The second-order valence-corrected chi connectivity index (χ2v) is 4.26. The molecule has 4 N–H and O–H groups in total. The Kier molecular flexibility index (Phi) is 4.06. The lowest BCUT2D eigenvalue weighted by Gasteiger charge is -2.19. The molecule has 1 aliphatic rings. The first-order chi connectivity index (χ1) is 8.70. The predicted octanol–water partition coefficient (Wildman–Crippen LogP) is 0.0595. The fraction of sp³-hybridized carbons (Fsp3) is 0.545. The fourth-order valence-electron chi connectivity index (χ4n) is 1.90. The van der Waals surface area contributed by atoms with Crippen molar-refractivity contribution in [3.63, 3.8) is 0 Å². The summed E-state index contributed by atoms with van der Waals surface area (Å²) in [6.07, 6.45) is 2.11. The van der Waals surface area contributed by atoms with Gasteiger partial charge in [-0.2, -0.15) is 0 Å². The lowest BCUT2D eigenvalue weighted by molar-refractivity contribution is 0.0709. The lowest BCUT2D eigenvalue weighted by Crippen LogP contribution is -2.41. The van der Waals surface area contributed by atoms with Crippen molar-refractivity contribution in [2.24, 2.45) is 5.84 Å². The molecule has 18 heavy (non-hydrogen) atoms. The van der Waals surface area contributed by atoms with Crippen LogP contribution < -0.4 is 16.6 Å². The van der Waals surface area contributed by atoms with Gasteiger partial charge >= 0.3 is 0 Å². The van der Waals surface area contributed by atoms with Crippen LogP contribution in [-0.2, 0) is 4.74 Å². The first-order valence-corrected chi connectivity index (χ1v) is 5.93. The van der Waals surface area contributed by atoms with Crippen LogP contribution in [0.5, 0.6) is 0 Å². The molecule has 2 rings (SSSR count). The highest BCUT2D eigenvalue weighted by Gasteiger charge is 2.24. The van der Waals surface area contributed by atoms with Crippen molar-refractivity contribution in [2.75, 3.05) is 12.0 Å². The van der Waals surface area contributed by atoms with Gasteiger partial charge in [-0.15, -0.1) is 10.2 Å². The van der Waals surface area contributed by atoms with Crippen LogP contribution in [0.2, 0.25) is 0 Å². The van der Waals surface area contributed by atoms with Crippen LogP contribution in [0.4, 0.5) is 5.82 Å². The van der Waals surface area contributed by atoms with Crippen molar-refractivity contribution in [2.45, 2.75) is 31.9 Å². The number of nitrogens with two attached hydrogens (primary N) is 1. The van der Waals surface area contributed by atoms with Gasteiger partial charge in [0.25, 0.3) is 5.91 Å². The Morgan fingerprint density at radius 2 is 2.39 bits per heavy atom. The summed E-state index contributed by atoms with van der Waals surface area (Å²) < 4.78 is 5.51. The number of hydrogen-bond donors (Lipinski definition) is 3. The Bertz CT molecular complexity index is 402. The minimum Gasteiger partial charge on any atom is -0.376 e. The molecule has 0 radical (unpaired) electrons. The molecule has 98 valence electrons. The first kappa shape index (κ1) is 12.7. The van der Waals surface area contributed by atoms with Crippen molar-refractivity contribution in [3.05, 3.63) is 17.8 Å². The van der Waals surface area contributed by atoms with E-state index in [1.807, 2.05) is 6.92 Å². The molecular formula is C11H17N5O2. The number of rotatable bonds is 4. The highest BCUT2D eigenvalue weighted by Crippen LogP contribution is 2.15. The molecule has 1 aliphatic heterocycles. The Balaban J connectivity index is 1.93. The van der Waals surface area contributed by atoms with Crippen molar-refractivity contribution >= 4 is 11.7 Å². The van der Waals surface area contributed by atoms with E-state index in [9.17, 15) is 4.79 Å². The maximum absolute atomic E-state index is 11.9. The van der Waals surface area contributed by atoms with Gasteiger partial charge in [-0.05, 0) is 31.9 Å². The Morgan fingerprint density at radius 3 is 2.94 bits per heavy atom. The molecule has 0 bridgehead atoms. The molecule has 2 unspecified atom stereocenters. The van der Waals surface area contributed by atoms with Crippen molar-refractivity contribution < 1.29 is 9.53 Å². The average Bonchev–Trinajstić information content (AvgIpc) is 2.92. The van der Waals surface area contributed by atoms with Crippen molar-refractivity contribution in [3.8, 4) is 0 Å². The standard InChI is InChI=1S/C11H17N5O2/c1-7(9-3-2-6-18-9)13-11(17)8-4-5-10(14-12)16-15-8/h4-5,7,9H,2-3,6,12H2,1H3,(H,13,17)(H,14,16). The summed E-state index contributed by atoms with van der Waals surface area (Å²) in [4.78, 5) is 11.9. The molecule has 0 spiro atoms. The largest absolute Gasteiger partial charge is 0.376 e. The lowest BCUT2D eigenvalue weighted by atomic mass is 10.1. The van der Waals surface area contributed by atoms with E-state index >= 15 is 0 Å². The van der Waals surface area contributed by atoms with E-state index in [0.717, 1.165) is 19.4 Å². The van der Waals surface area contributed by atoms with Gasteiger partial charge in [-0.1, -0.05) is 0 Å². The third-order valence-corrected chi connectivity index (χ3v) is 2.93. The van der Waals surface area contributed by atoms with Crippen LogP contribution in [0.25, 0.3) is 0 Å². The molecule has 1 amide bonds. The minimum absolute atomic E-state index is 0.0332. The molecule has 0 saturated carbocycles. The summed E-state index contributed by atoms with van der Waals surface area (Å²) in [5.41, 5.74) is 2.62. The summed E-state index contributed by atoms with van der Waals surface area (Å²) in [6, 6.07) is 3.13. The Morgan fingerprint density at radius 1 is 1.56 bits per heavy atom. The zero-order chi connectivity index (χ0) is 13.0. The molecule has 2 atom stereocenters. The average molecular weight is 251 g/mol. The van der Waals surface area contributed by atoms with Crippen molar-refractivity contribution in [1.82, 2.24) is 15.5 Å². The summed E-state index contributed by atoms with van der Waals surface area (Å²) in [5.74, 6) is 5.33. The summed E-state index contributed by atoms with van der Waals surface area (Å²) in [6.45, 7) is 2.69. The van der Waals surface area contributed by atoms with E-state index in [0.29, 0.717) is 5.82 Å². The number of nitrogens with one attached hydrogen (secondary N) is 2. The quantitative estimate of drug-likeness (QED) is 0.516. The van der Waals surface area contributed by atoms with E-state index in [2.05, 4.69) is 20.9 Å². The number of carbonyl (C=O) groups excluding carboxylic acids is 1. The molecule has 1 aromatic heterocycles. The normalized spacial score (nSPS) is 20.4. The third kappa shape index (κ3) is 2.93. The summed E-state index contributed by atoms with van der Waals surface area (Å²) >= 11 is 0. The number of nitrogen functional groups attached to an aromatic ring is 1. The van der Waals surface area contributed by atoms with Gasteiger partial charge in [0.05, 0.1) is 12.1 Å². The summed E-state index contributed by atoms with van der Waals surface area (Å²) in [5, 5.41) is 10.4. The Hall–Kier alpha value is -1.73. The van der Waals surface area contributed by atoms with Gasteiger partial charge < -0.3 is 15.5 Å². The smallest absolute Gasteiger partial charge is 0.272 e. The topological polar surface area (TPSA) is 102 Å². The van der Waals surface area contributed by atoms with Crippen LogP contribution >= 0.6 is 0 Å². The van der Waals surface area contributed by atoms with E-state index < -0.39 is 0 Å². The Labute approximate surface area is 105 Å². The van der Waals surface area contributed by atoms with Crippen molar-refractivity contribution in [1.29, 1.82) is 0 Å². The maximum atomic E-state index is 11.9. The van der Waals surface area contributed by atoms with E-state index in [1.54, 1.807) is 12.1 Å². The third-order valence-electron chi connectivity index (χ3n) is 2.93. The number of amides is 1. The molecule has 7 heteroatoms. The SMILES string of the molecule is CC(NC(=O)c1ccc(NN)nn1)C1CCCO1. The highest BCUT2D eigenvalue weighted by atomic mass is 16.5. The van der Waals surface area contributed by atoms with E-state index in [1.165, 1.54) is 0 Å². The molecule has 7 nitrogen and oxygen atoms in total. The van der Waals surface area contributed by atoms with Gasteiger partial charge in [-0.25, -0.2) is 5.84 Å². The van der Waals surface area contributed by atoms with Crippen LogP contribution in [-0.4, -0.2) is 34.9 Å². The van der Waals surface area contributed by atoms with Gasteiger partial charge in [0.15, 0.2) is 11.5 Å². The van der Waals surface area contributed by atoms with Crippen LogP contribution in [0, 0.1) is 0 Å². The molecule has 1 fully saturated rings. The molecule has 2 heterocycles. The van der Waals surface area contributed by atoms with Gasteiger partial charge in [0, 0.05) is 6.61 Å². The monoisotopic (exact) mass is 251 g/mol. The van der Waals surface area contributed by atoms with Gasteiger partial charge in [0.2, 0.25) is 0 Å². The molecule has 0 aromatic carbocycles. The number of hydrazine groups is 1. The minimum atomic E-state index is -0.255. The zero-order valence-corrected chi connectivity index (χ0v) is 10.2. The number of carbonyl (C=O) groups is 1. The van der Waals surface area contributed by atoms with Gasteiger partial charge in [-0.3, -0.25) is 4.79 Å². The van der Waals surface area contributed by atoms with Crippen LogP contribution in [0.1, 0.15) is 30.3 Å². The number of aromatic nitrogens is 2. The van der Waals surface area contributed by atoms with Crippen LogP contribution in [0.3, 0.4) is 0 Å². The second kappa shape index (κ2) is 5.74. The predicted molar refractivity (Wildman–Crippen MR) is 65.7 cm³/mol. The van der Waals surface area contributed by atoms with Gasteiger partial charge in [0.1, 0.15) is 0 Å². The number of hydrogen-bond acceptors (Lipinski definition) is 6. The second-order valence-electron chi connectivity index (χ2n) is 4.26. The first-order valence-electron chi connectivity index (χ1n) is 5.93. The molecule has 0 aliphatic carbocycles. The zero-order valence-electron chi connectivity index (χ0n) is 10.2. The van der Waals surface area contributed by atoms with Crippen LogP contribution in [0.15, 0.2) is 12.1 Å². The maximum Gasteiger partial charge on any atom is 0.272 e. The highest BCUT2D eigenvalue weighted by molar-refractivity contribution is 5.92. The number of anilines is 1. The number of ether oxygens (including phenoxy) is 1. The fourth-order valence-corrected chi connectivity index (χ4v) is 1.90. The molecule has 1 saturated heterocycles.